The summed E-state index contributed by atoms with van der Waals surface area (Å²) in [5.74, 6) is 0. The quantitative estimate of drug-likeness (QED) is 0.389. The van der Waals surface area contributed by atoms with Crippen molar-refractivity contribution in [3.8, 4) is 0 Å². The van der Waals surface area contributed by atoms with Crippen molar-refractivity contribution in [1.29, 1.82) is 0 Å². The monoisotopic (exact) mass is 380 g/mol. The fourth-order valence-corrected chi connectivity index (χ4v) is 3.80. The molecule has 5 rings (SSSR count). The Morgan fingerprint density at radius 2 is 1.52 bits per heavy atom. The van der Waals surface area contributed by atoms with Crippen LogP contribution in [0.4, 0.5) is 0 Å². The van der Waals surface area contributed by atoms with E-state index in [1.165, 1.54) is 0 Å². The van der Waals surface area contributed by atoms with Gasteiger partial charge in [0.25, 0.3) is 0 Å². The first-order valence-electron chi connectivity index (χ1n) is 8.41. The molecule has 0 amide bonds. The molecule has 0 saturated heterocycles. The number of fused-ring (bicyclic) bond motifs is 4. The maximum Gasteiger partial charge on any atom is 0.326 e. The van der Waals surface area contributed by atoms with E-state index in [-0.39, 0.29) is 27.6 Å². The van der Waals surface area contributed by atoms with Crippen molar-refractivity contribution in [2.45, 2.75) is 13.5 Å². The first kappa shape index (κ1) is 15.9. The normalized spacial score (nSPS) is 11.9. The molecule has 0 aliphatic carbocycles. The second-order valence-electron chi connectivity index (χ2n) is 6.44. The molecule has 0 fully saturated rings. The molecule has 3 heterocycles. The topological polar surface area (TPSA) is 104 Å². The van der Waals surface area contributed by atoms with Crippen LogP contribution >= 0.6 is 11.6 Å². The molecule has 0 spiro atoms. The van der Waals surface area contributed by atoms with Crippen LogP contribution in [0.5, 0.6) is 0 Å². The molecular formula is C19H13ClN4O3. The highest BCUT2D eigenvalue weighted by atomic mass is 35.5. The zero-order valence-electron chi connectivity index (χ0n) is 14.1. The molecule has 27 heavy (non-hydrogen) atoms. The van der Waals surface area contributed by atoms with Crippen molar-refractivity contribution >= 4 is 55.5 Å². The number of nitrogens with zero attached hydrogens (tertiary/aromatic N) is 1. The van der Waals surface area contributed by atoms with E-state index in [1.807, 2.05) is 6.92 Å². The van der Waals surface area contributed by atoms with E-state index in [0.29, 0.717) is 44.4 Å². The van der Waals surface area contributed by atoms with Crippen molar-refractivity contribution in [3.63, 3.8) is 0 Å². The number of imidazole rings is 1. The highest BCUT2D eigenvalue weighted by Crippen LogP contribution is 2.21. The number of aromatic nitrogens is 4. The van der Waals surface area contributed by atoms with Gasteiger partial charge >= 0.3 is 5.69 Å². The lowest BCUT2D eigenvalue weighted by Gasteiger charge is -2.06. The summed E-state index contributed by atoms with van der Waals surface area (Å²) in [6, 6.07) is 8.26. The maximum absolute atomic E-state index is 13.1. The number of hydrogen-bond donors (Lipinski definition) is 3. The standard InChI is InChI=1S/C19H13ClN4O3/c1-2-24-14-6-10-12(7-13(14)23-19(24)27)22-16-15(18(10)26)21-11-4-3-8(20)5-9(11)17(16)25/h3-7H,2H2,1H3,(H,21,25)(H,22,26)(H,23,27). The molecule has 0 aliphatic heterocycles. The lowest BCUT2D eigenvalue weighted by atomic mass is 10.1. The number of benzene rings is 2. The predicted octanol–water partition coefficient (Wildman–Crippen LogP) is 2.84. The fraction of sp³-hybridized carbons (Fsp3) is 0.105. The van der Waals surface area contributed by atoms with Gasteiger partial charge in [0.2, 0.25) is 10.9 Å². The first-order valence-corrected chi connectivity index (χ1v) is 8.79. The second kappa shape index (κ2) is 5.34. The molecular weight excluding hydrogens is 368 g/mol. The Bertz CT molecular complexity index is 1590. The minimum atomic E-state index is -0.306. The summed E-state index contributed by atoms with van der Waals surface area (Å²) in [7, 11) is 0. The van der Waals surface area contributed by atoms with Gasteiger partial charge in [0, 0.05) is 22.3 Å². The molecule has 0 saturated carbocycles. The lowest BCUT2D eigenvalue weighted by Crippen LogP contribution is -2.15. The van der Waals surface area contributed by atoms with E-state index in [9.17, 15) is 14.4 Å². The van der Waals surface area contributed by atoms with Gasteiger partial charge < -0.3 is 15.0 Å². The third-order valence-corrected chi connectivity index (χ3v) is 5.16. The van der Waals surface area contributed by atoms with Crippen LogP contribution < -0.4 is 16.5 Å². The van der Waals surface area contributed by atoms with Crippen LogP contribution in [0.25, 0.3) is 43.9 Å². The van der Waals surface area contributed by atoms with Crippen LogP contribution in [0.3, 0.4) is 0 Å². The van der Waals surface area contributed by atoms with E-state index >= 15 is 0 Å². The van der Waals surface area contributed by atoms with Crippen LogP contribution in [0.15, 0.2) is 44.7 Å². The van der Waals surface area contributed by atoms with Gasteiger partial charge in [-0.15, -0.1) is 0 Å². The molecule has 2 aromatic carbocycles. The first-order chi connectivity index (χ1) is 13.0. The number of pyridine rings is 2. The molecule has 3 aromatic heterocycles. The summed E-state index contributed by atoms with van der Waals surface area (Å²) in [5, 5.41) is 1.24. The van der Waals surface area contributed by atoms with Gasteiger partial charge in [-0.1, -0.05) is 11.6 Å². The Morgan fingerprint density at radius 3 is 2.22 bits per heavy atom. The van der Waals surface area contributed by atoms with Crippen LogP contribution in [0.2, 0.25) is 5.02 Å². The Hall–Kier alpha value is -3.32. The second-order valence-corrected chi connectivity index (χ2v) is 6.87. The summed E-state index contributed by atoms with van der Waals surface area (Å²) in [4.78, 5) is 46.9. The lowest BCUT2D eigenvalue weighted by molar-refractivity contribution is 0.753. The third kappa shape index (κ3) is 2.12. The average molecular weight is 381 g/mol. The summed E-state index contributed by atoms with van der Waals surface area (Å²) in [5.41, 5.74) is 1.80. The molecule has 5 aromatic rings. The van der Waals surface area contributed by atoms with E-state index in [0.717, 1.165) is 0 Å². The molecule has 0 atom stereocenters. The number of aromatic amines is 3. The highest BCUT2D eigenvalue weighted by Gasteiger charge is 2.14. The van der Waals surface area contributed by atoms with Crippen molar-refractivity contribution in [2.24, 2.45) is 0 Å². The highest BCUT2D eigenvalue weighted by molar-refractivity contribution is 6.31. The number of aryl methyl sites for hydroxylation is 1. The molecule has 7 nitrogen and oxygen atoms in total. The predicted molar refractivity (Wildman–Crippen MR) is 107 cm³/mol. The van der Waals surface area contributed by atoms with Crippen LogP contribution in [-0.4, -0.2) is 19.5 Å². The summed E-state index contributed by atoms with van der Waals surface area (Å²) in [6.07, 6.45) is 0. The van der Waals surface area contributed by atoms with Gasteiger partial charge in [-0.3, -0.25) is 14.2 Å². The SMILES string of the molecule is CCn1c(=O)[nH]c2cc3[nH]c4c(=O)c5cc(Cl)ccc5[nH]c4c(=O)c3cc21. The van der Waals surface area contributed by atoms with Gasteiger partial charge in [-0.2, -0.15) is 0 Å². The van der Waals surface area contributed by atoms with E-state index in [2.05, 4.69) is 15.0 Å². The summed E-state index contributed by atoms with van der Waals surface area (Å²) < 4.78 is 1.56. The minimum Gasteiger partial charge on any atom is -0.350 e. The van der Waals surface area contributed by atoms with Crippen LogP contribution in [-0.2, 0) is 6.54 Å². The largest absolute Gasteiger partial charge is 0.350 e. The van der Waals surface area contributed by atoms with Gasteiger partial charge in [-0.05, 0) is 37.3 Å². The van der Waals surface area contributed by atoms with Gasteiger partial charge in [0.15, 0.2) is 0 Å². The molecule has 0 bridgehead atoms. The summed E-state index contributed by atoms with van der Waals surface area (Å²) >= 11 is 6.00. The average Bonchev–Trinajstić information content (AvgIpc) is 2.96. The van der Waals surface area contributed by atoms with Gasteiger partial charge in [0.05, 0.1) is 22.1 Å². The van der Waals surface area contributed by atoms with E-state index < -0.39 is 0 Å². The molecule has 0 aliphatic rings. The van der Waals surface area contributed by atoms with Crippen LogP contribution in [0.1, 0.15) is 6.92 Å². The zero-order valence-corrected chi connectivity index (χ0v) is 14.9. The zero-order chi connectivity index (χ0) is 18.9. The van der Waals surface area contributed by atoms with E-state index in [1.54, 1.807) is 34.9 Å². The number of halogens is 1. The minimum absolute atomic E-state index is 0.180. The maximum atomic E-state index is 13.1. The molecule has 8 heteroatoms. The Labute approximate surface area is 155 Å². The molecule has 3 N–H and O–H groups in total. The number of nitrogens with one attached hydrogen (secondary N) is 3. The smallest absolute Gasteiger partial charge is 0.326 e. The Morgan fingerprint density at radius 1 is 0.852 bits per heavy atom. The van der Waals surface area contributed by atoms with Crippen molar-refractivity contribution in [3.05, 3.63) is 66.3 Å². The molecule has 134 valence electrons. The summed E-state index contributed by atoms with van der Waals surface area (Å²) in [6.45, 7) is 2.34. The Kier molecular flexibility index (Phi) is 3.14. The van der Waals surface area contributed by atoms with Crippen molar-refractivity contribution in [2.75, 3.05) is 0 Å². The number of rotatable bonds is 1. The third-order valence-electron chi connectivity index (χ3n) is 4.92. The molecule has 0 unspecified atom stereocenters. The van der Waals surface area contributed by atoms with Gasteiger partial charge in [-0.25, -0.2) is 4.79 Å². The van der Waals surface area contributed by atoms with Gasteiger partial charge in [0.1, 0.15) is 11.0 Å². The van der Waals surface area contributed by atoms with Crippen molar-refractivity contribution < 1.29 is 0 Å². The molecule has 0 radical (unpaired) electrons. The van der Waals surface area contributed by atoms with E-state index in [4.69, 9.17) is 11.6 Å². The fourth-order valence-electron chi connectivity index (χ4n) is 3.63. The number of hydrogen-bond acceptors (Lipinski definition) is 3. The number of H-pyrrole nitrogens is 3. The Balaban J connectivity index is 2.02. The van der Waals surface area contributed by atoms with Crippen molar-refractivity contribution in [1.82, 2.24) is 19.5 Å². The van der Waals surface area contributed by atoms with Crippen LogP contribution in [0, 0.1) is 0 Å².